The number of hydrogen-bond donors (Lipinski definition) is 1. The van der Waals surface area contributed by atoms with Gasteiger partial charge in [0.15, 0.2) is 23.1 Å². The third-order valence-corrected chi connectivity index (χ3v) is 6.96. The lowest BCUT2D eigenvalue weighted by molar-refractivity contribution is 0.0914. The number of nitrogens with two attached hydrogens (primary N) is 1. The van der Waals surface area contributed by atoms with Gasteiger partial charge in [-0.3, -0.25) is 9.59 Å². The number of ether oxygens (including phenoxy) is 3. The molecule has 2 N–H and O–H groups in total. The second kappa shape index (κ2) is 11.3. The Kier molecular flexibility index (Phi) is 7.97. The maximum atomic E-state index is 13.1. The molecule has 0 atom stereocenters. The Morgan fingerprint density at radius 1 is 0.972 bits per heavy atom. The monoisotopic (exact) mass is 504 g/mol. The molecule has 0 unspecified atom stereocenters. The zero-order valence-electron chi connectivity index (χ0n) is 20.5. The molecule has 4 aromatic rings. The average molecular weight is 505 g/mol. The second-order valence-electron chi connectivity index (χ2n) is 8.23. The molecule has 2 aromatic heterocycles. The van der Waals surface area contributed by atoms with Gasteiger partial charge in [0.05, 0.1) is 19.9 Å². The molecule has 0 aliphatic rings. The fraction of sp³-hybridized carbons (Fsp3) is 0.250. The summed E-state index contributed by atoms with van der Waals surface area (Å²) in [6.45, 7) is 2.78. The first-order valence-electron chi connectivity index (χ1n) is 11.6. The number of aromatic nitrogens is 1. The van der Waals surface area contributed by atoms with Gasteiger partial charge in [-0.15, -0.1) is 11.3 Å². The molecule has 4 rings (SSSR count). The summed E-state index contributed by atoms with van der Waals surface area (Å²) in [5.41, 5.74) is 9.01. The summed E-state index contributed by atoms with van der Waals surface area (Å²) in [6, 6.07) is 14.5. The minimum atomic E-state index is -0.228. The molecule has 2 heterocycles. The normalized spacial score (nSPS) is 10.9. The van der Waals surface area contributed by atoms with Crippen LogP contribution in [0.25, 0.3) is 21.3 Å². The molecule has 8 heteroatoms. The highest BCUT2D eigenvalue weighted by Gasteiger charge is 2.18. The molecule has 2 aromatic carbocycles. The summed E-state index contributed by atoms with van der Waals surface area (Å²) < 4.78 is 17.5. The van der Waals surface area contributed by atoms with Crippen LogP contribution in [0.5, 0.6) is 17.2 Å². The van der Waals surface area contributed by atoms with Crippen molar-refractivity contribution in [3.63, 3.8) is 0 Å². The summed E-state index contributed by atoms with van der Waals surface area (Å²) in [6.07, 6.45) is 0.0649. The molecule has 0 aliphatic carbocycles. The van der Waals surface area contributed by atoms with Gasteiger partial charge in [0.2, 0.25) is 0 Å². The van der Waals surface area contributed by atoms with Crippen LogP contribution in [0, 0.1) is 6.92 Å². The number of methoxy groups -OCH3 is 2. The molecule has 0 saturated heterocycles. The number of benzene rings is 2. The fourth-order valence-corrected chi connectivity index (χ4v) is 4.98. The van der Waals surface area contributed by atoms with Gasteiger partial charge in [0.25, 0.3) is 0 Å². The molecule has 0 bridgehead atoms. The molecular formula is C28H28N2O5S. The Balaban J connectivity index is 1.53. The van der Waals surface area contributed by atoms with E-state index >= 15 is 0 Å². The molecule has 0 radical (unpaired) electrons. The number of aryl methyl sites for hydroxylation is 1. The van der Waals surface area contributed by atoms with Crippen LogP contribution >= 0.6 is 11.3 Å². The summed E-state index contributed by atoms with van der Waals surface area (Å²) in [5.74, 6) is 1.10. The third-order valence-electron chi connectivity index (χ3n) is 5.83. The third kappa shape index (κ3) is 5.40. The van der Waals surface area contributed by atoms with E-state index in [1.807, 2.05) is 17.5 Å². The van der Waals surface area contributed by atoms with Gasteiger partial charge >= 0.3 is 0 Å². The zero-order chi connectivity index (χ0) is 25.7. The van der Waals surface area contributed by atoms with Crippen LogP contribution in [0.2, 0.25) is 0 Å². The van der Waals surface area contributed by atoms with E-state index in [2.05, 4.69) is 24.0 Å². The predicted molar refractivity (Wildman–Crippen MR) is 142 cm³/mol. The lowest BCUT2D eigenvalue weighted by atomic mass is 10.0. The van der Waals surface area contributed by atoms with Crippen LogP contribution in [-0.4, -0.2) is 43.9 Å². The van der Waals surface area contributed by atoms with E-state index in [0.29, 0.717) is 41.7 Å². The Morgan fingerprint density at radius 3 is 2.53 bits per heavy atom. The lowest BCUT2D eigenvalue weighted by Crippen LogP contribution is -2.11. The largest absolute Gasteiger partial charge is 0.497 e. The fourth-order valence-electron chi connectivity index (χ4n) is 3.93. The van der Waals surface area contributed by atoms with E-state index in [4.69, 9.17) is 19.9 Å². The van der Waals surface area contributed by atoms with Crippen molar-refractivity contribution in [1.82, 2.24) is 4.98 Å². The van der Waals surface area contributed by atoms with E-state index < -0.39 is 0 Å². The molecular weight excluding hydrogens is 476 g/mol. The second-order valence-corrected chi connectivity index (χ2v) is 9.11. The van der Waals surface area contributed by atoms with Gasteiger partial charge in [-0.1, -0.05) is 18.2 Å². The molecule has 36 heavy (non-hydrogen) atoms. The van der Waals surface area contributed by atoms with Gasteiger partial charge in [-0.25, -0.2) is 4.98 Å². The Hall–Kier alpha value is -3.75. The first kappa shape index (κ1) is 25.3. The van der Waals surface area contributed by atoms with E-state index in [1.165, 1.54) is 17.4 Å². The van der Waals surface area contributed by atoms with Crippen molar-refractivity contribution in [3.8, 4) is 28.5 Å². The van der Waals surface area contributed by atoms with Crippen LogP contribution in [0.4, 0.5) is 0 Å². The summed E-state index contributed by atoms with van der Waals surface area (Å²) in [5, 5.41) is 3.13. The van der Waals surface area contributed by atoms with Crippen LogP contribution in [0.15, 0.2) is 53.9 Å². The first-order valence-corrected chi connectivity index (χ1v) is 12.4. The van der Waals surface area contributed by atoms with E-state index in [1.54, 1.807) is 42.7 Å². The van der Waals surface area contributed by atoms with Gasteiger partial charge < -0.3 is 19.9 Å². The number of hydrogen-bond acceptors (Lipinski definition) is 8. The van der Waals surface area contributed by atoms with Crippen LogP contribution in [-0.2, 0) is 0 Å². The van der Waals surface area contributed by atoms with Crippen molar-refractivity contribution in [1.29, 1.82) is 0 Å². The average Bonchev–Trinajstić information content (AvgIpc) is 3.35. The van der Waals surface area contributed by atoms with Crippen LogP contribution in [0.1, 0.15) is 39.3 Å². The number of Topliss-reactive ketones (excluding diaryl/α,β-unsaturated/α-hetero) is 2. The predicted octanol–water partition coefficient (Wildman–Crippen LogP) is 5.47. The Morgan fingerprint density at radius 2 is 1.78 bits per heavy atom. The molecule has 0 fully saturated rings. The Bertz CT molecular complexity index is 1410. The van der Waals surface area contributed by atoms with E-state index in [9.17, 15) is 9.59 Å². The lowest BCUT2D eigenvalue weighted by Gasteiger charge is -2.11. The minimum Gasteiger partial charge on any atom is -0.497 e. The topological polar surface area (TPSA) is 101 Å². The first-order chi connectivity index (χ1) is 17.4. The van der Waals surface area contributed by atoms with Crippen molar-refractivity contribution in [3.05, 3.63) is 70.7 Å². The SMILES string of the molecule is COc1cc(C(=O)CCC(=O)c2ccc(OCCN)c(OC)c2)nc(-c2csc3c(C)cccc23)c1. The van der Waals surface area contributed by atoms with Gasteiger partial charge in [-0.2, -0.15) is 0 Å². The minimum absolute atomic E-state index is 0.0235. The standard InChI is InChI=1S/C28H28N2O5S/c1-17-5-4-6-20-21(16-36-28(17)20)22-14-19(33-2)15-23(30-22)25(32)9-8-24(31)18-7-10-26(35-12-11-29)27(13-18)34-3/h4-7,10,13-16H,8-9,11-12,29H2,1-3H3. The molecule has 0 spiro atoms. The number of rotatable bonds is 11. The van der Waals surface area contributed by atoms with Crippen LogP contribution < -0.4 is 19.9 Å². The smallest absolute Gasteiger partial charge is 0.181 e. The van der Waals surface area contributed by atoms with Crippen LogP contribution in [0.3, 0.4) is 0 Å². The highest BCUT2D eigenvalue weighted by molar-refractivity contribution is 7.18. The van der Waals surface area contributed by atoms with Crippen molar-refractivity contribution in [2.24, 2.45) is 5.73 Å². The molecule has 0 amide bonds. The maximum absolute atomic E-state index is 13.1. The summed E-state index contributed by atoms with van der Waals surface area (Å²) in [4.78, 5) is 30.5. The van der Waals surface area contributed by atoms with Crippen molar-refractivity contribution >= 4 is 33.0 Å². The zero-order valence-corrected chi connectivity index (χ0v) is 21.3. The number of ketones is 2. The molecule has 0 aliphatic heterocycles. The van der Waals surface area contributed by atoms with Crippen molar-refractivity contribution in [2.75, 3.05) is 27.4 Å². The number of carbonyl (C=O) groups excluding carboxylic acids is 2. The van der Waals surface area contributed by atoms with Crippen molar-refractivity contribution < 1.29 is 23.8 Å². The van der Waals surface area contributed by atoms with Gasteiger partial charge in [-0.05, 0) is 30.7 Å². The number of carbonyl (C=O) groups is 2. The van der Waals surface area contributed by atoms with E-state index in [-0.39, 0.29) is 30.1 Å². The maximum Gasteiger partial charge on any atom is 0.181 e. The van der Waals surface area contributed by atoms with Gasteiger partial charge in [0.1, 0.15) is 18.1 Å². The van der Waals surface area contributed by atoms with Gasteiger partial charge in [0, 0.05) is 58.1 Å². The van der Waals surface area contributed by atoms with E-state index in [0.717, 1.165) is 10.9 Å². The highest BCUT2D eigenvalue weighted by Crippen LogP contribution is 2.36. The Labute approximate surface area is 213 Å². The molecule has 0 saturated carbocycles. The highest BCUT2D eigenvalue weighted by atomic mass is 32.1. The number of pyridine rings is 1. The molecule has 7 nitrogen and oxygen atoms in total. The molecule has 186 valence electrons. The quantitative estimate of drug-likeness (QED) is 0.270. The number of fused-ring (bicyclic) bond motifs is 1. The number of thiophene rings is 1. The summed E-state index contributed by atoms with van der Waals surface area (Å²) in [7, 11) is 3.06. The van der Waals surface area contributed by atoms with Crippen molar-refractivity contribution in [2.45, 2.75) is 19.8 Å². The number of nitrogens with zero attached hydrogens (tertiary/aromatic N) is 1. The summed E-state index contributed by atoms with van der Waals surface area (Å²) >= 11 is 1.65.